The number of alkyl halides is 3. The summed E-state index contributed by atoms with van der Waals surface area (Å²) in [6.45, 7) is 2.10. The van der Waals surface area contributed by atoms with Gasteiger partial charge in [0, 0.05) is 19.2 Å². The number of nitrogens with one attached hydrogen (secondary N) is 1. The van der Waals surface area contributed by atoms with E-state index in [9.17, 15) is 18.0 Å². The first-order valence-corrected chi connectivity index (χ1v) is 5.81. The van der Waals surface area contributed by atoms with E-state index in [2.05, 4.69) is 10.3 Å². The number of carboxylic acids is 1. The average molecular weight is 276 g/mol. The van der Waals surface area contributed by atoms with Crippen LogP contribution in [0.25, 0.3) is 0 Å². The highest BCUT2D eigenvalue weighted by molar-refractivity contribution is 5.67. The molecule has 19 heavy (non-hydrogen) atoms. The van der Waals surface area contributed by atoms with E-state index < -0.39 is 17.7 Å². The predicted molar refractivity (Wildman–Crippen MR) is 63.8 cm³/mol. The molecule has 0 aliphatic rings. The zero-order valence-corrected chi connectivity index (χ0v) is 10.4. The molecule has 0 spiro atoms. The third-order valence-corrected chi connectivity index (χ3v) is 2.70. The van der Waals surface area contributed by atoms with E-state index in [4.69, 9.17) is 5.11 Å². The number of hydrogen-bond donors (Lipinski definition) is 2. The summed E-state index contributed by atoms with van der Waals surface area (Å²) < 4.78 is 37.4. The Balaban J connectivity index is 2.65. The van der Waals surface area contributed by atoms with Crippen LogP contribution in [0, 0.1) is 5.92 Å². The van der Waals surface area contributed by atoms with Gasteiger partial charge in [0.05, 0.1) is 5.56 Å². The lowest BCUT2D eigenvalue weighted by molar-refractivity contribution is -0.138. The second-order valence-corrected chi connectivity index (χ2v) is 4.18. The van der Waals surface area contributed by atoms with E-state index in [1.54, 1.807) is 0 Å². The lowest BCUT2D eigenvalue weighted by atomic mass is 10.0. The van der Waals surface area contributed by atoms with Crippen LogP contribution < -0.4 is 5.32 Å². The van der Waals surface area contributed by atoms with Crippen LogP contribution in [0.15, 0.2) is 18.3 Å². The number of nitrogens with zero attached hydrogens (tertiary/aromatic N) is 1. The smallest absolute Gasteiger partial charge is 0.416 e. The highest BCUT2D eigenvalue weighted by atomic mass is 19.4. The summed E-state index contributed by atoms with van der Waals surface area (Å²) in [5, 5.41) is 11.4. The first-order valence-electron chi connectivity index (χ1n) is 5.81. The van der Waals surface area contributed by atoms with Gasteiger partial charge in [0.1, 0.15) is 5.82 Å². The molecule has 0 aromatic carbocycles. The Bertz CT molecular complexity index is 435. The Morgan fingerprint density at radius 2 is 2.21 bits per heavy atom. The third-order valence-electron chi connectivity index (χ3n) is 2.70. The molecule has 1 aromatic heterocycles. The minimum Gasteiger partial charge on any atom is -0.481 e. The molecule has 1 rings (SSSR count). The van der Waals surface area contributed by atoms with Crippen molar-refractivity contribution in [2.75, 3.05) is 11.9 Å². The highest BCUT2D eigenvalue weighted by Crippen LogP contribution is 2.29. The number of carboxylic acid groups (broad SMARTS) is 1. The van der Waals surface area contributed by atoms with Crippen LogP contribution in [0.2, 0.25) is 0 Å². The summed E-state index contributed by atoms with van der Waals surface area (Å²) in [6.07, 6.45) is -2.74. The molecule has 0 fully saturated rings. The van der Waals surface area contributed by atoms with Gasteiger partial charge in [-0.25, -0.2) is 4.98 Å². The van der Waals surface area contributed by atoms with Crippen LogP contribution in [-0.2, 0) is 11.0 Å². The molecular formula is C12H15F3N2O2. The predicted octanol–water partition coefficient (Wildman–Crippen LogP) is 3.01. The summed E-state index contributed by atoms with van der Waals surface area (Å²) in [5.74, 6) is -0.974. The van der Waals surface area contributed by atoms with Gasteiger partial charge in [-0.2, -0.15) is 13.2 Å². The van der Waals surface area contributed by atoms with Crippen molar-refractivity contribution >= 4 is 11.8 Å². The molecule has 0 amide bonds. The Hall–Kier alpha value is -1.79. The van der Waals surface area contributed by atoms with E-state index in [-0.39, 0.29) is 24.7 Å². The number of aromatic nitrogens is 1. The molecule has 0 aliphatic heterocycles. The van der Waals surface area contributed by atoms with Gasteiger partial charge in [-0.05, 0) is 18.1 Å². The fourth-order valence-corrected chi connectivity index (χ4v) is 1.56. The van der Waals surface area contributed by atoms with Gasteiger partial charge in [-0.1, -0.05) is 13.3 Å². The van der Waals surface area contributed by atoms with Crippen LogP contribution in [0.1, 0.15) is 25.3 Å². The molecule has 106 valence electrons. The Morgan fingerprint density at radius 3 is 2.74 bits per heavy atom. The van der Waals surface area contributed by atoms with Gasteiger partial charge in [-0.3, -0.25) is 4.79 Å². The molecule has 0 bridgehead atoms. The minimum atomic E-state index is -4.41. The van der Waals surface area contributed by atoms with E-state index in [1.165, 1.54) is 0 Å². The first-order chi connectivity index (χ1) is 8.82. The quantitative estimate of drug-likeness (QED) is 0.838. The SMILES string of the molecule is CCC(CNc1cc(C(F)(F)F)ccn1)CC(=O)O. The second-order valence-electron chi connectivity index (χ2n) is 4.18. The van der Waals surface area contributed by atoms with Gasteiger partial charge in [0.25, 0.3) is 0 Å². The molecule has 2 N–H and O–H groups in total. The number of aliphatic carboxylic acids is 1. The van der Waals surface area contributed by atoms with Crippen molar-refractivity contribution in [1.82, 2.24) is 4.98 Å². The molecular weight excluding hydrogens is 261 g/mol. The monoisotopic (exact) mass is 276 g/mol. The molecule has 4 nitrogen and oxygen atoms in total. The lowest BCUT2D eigenvalue weighted by Crippen LogP contribution is -2.18. The Kier molecular flexibility index (Phi) is 5.14. The highest BCUT2D eigenvalue weighted by Gasteiger charge is 2.30. The van der Waals surface area contributed by atoms with Crippen molar-refractivity contribution in [2.24, 2.45) is 5.92 Å². The molecule has 1 heterocycles. The summed E-state index contributed by atoms with van der Waals surface area (Å²) in [4.78, 5) is 14.4. The van der Waals surface area contributed by atoms with Gasteiger partial charge >= 0.3 is 12.1 Å². The Morgan fingerprint density at radius 1 is 1.53 bits per heavy atom. The van der Waals surface area contributed by atoms with Crippen LogP contribution in [0.4, 0.5) is 19.0 Å². The summed E-state index contributed by atoms with van der Waals surface area (Å²) in [5.41, 5.74) is -0.781. The molecule has 0 radical (unpaired) electrons. The molecule has 0 saturated heterocycles. The van der Waals surface area contributed by atoms with Crippen LogP contribution in [-0.4, -0.2) is 22.6 Å². The molecule has 1 unspecified atom stereocenters. The van der Waals surface area contributed by atoms with Gasteiger partial charge in [0.15, 0.2) is 0 Å². The van der Waals surface area contributed by atoms with Crippen molar-refractivity contribution in [3.8, 4) is 0 Å². The minimum absolute atomic E-state index is 0.0253. The van der Waals surface area contributed by atoms with E-state index in [1.807, 2.05) is 6.92 Å². The van der Waals surface area contributed by atoms with Gasteiger partial charge in [0.2, 0.25) is 0 Å². The van der Waals surface area contributed by atoms with E-state index in [0.717, 1.165) is 18.3 Å². The van der Waals surface area contributed by atoms with Gasteiger partial charge in [-0.15, -0.1) is 0 Å². The molecule has 0 saturated carbocycles. The number of carbonyl (C=O) groups is 1. The number of pyridine rings is 1. The zero-order valence-electron chi connectivity index (χ0n) is 10.4. The van der Waals surface area contributed by atoms with Crippen LogP contribution in [0.5, 0.6) is 0 Å². The maximum absolute atomic E-state index is 12.5. The van der Waals surface area contributed by atoms with Crippen molar-refractivity contribution in [1.29, 1.82) is 0 Å². The van der Waals surface area contributed by atoms with E-state index in [0.29, 0.717) is 6.42 Å². The number of halogens is 3. The van der Waals surface area contributed by atoms with Crippen LogP contribution in [0.3, 0.4) is 0 Å². The number of rotatable bonds is 6. The third kappa shape index (κ3) is 5.15. The Labute approximate surface area is 108 Å². The molecule has 0 aliphatic carbocycles. The van der Waals surface area contributed by atoms with Gasteiger partial charge < -0.3 is 10.4 Å². The normalized spacial score (nSPS) is 13.1. The lowest BCUT2D eigenvalue weighted by Gasteiger charge is -2.14. The van der Waals surface area contributed by atoms with Crippen LogP contribution >= 0.6 is 0 Å². The number of anilines is 1. The topological polar surface area (TPSA) is 62.2 Å². The standard InChI is InChI=1S/C12H15F3N2O2/c1-2-8(5-11(18)19)7-17-10-6-9(3-4-16-10)12(13,14)15/h3-4,6,8H,2,5,7H2,1H3,(H,16,17)(H,18,19). The fraction of sp³-hybridized carbons (Fsp3) is 0.500. The molecule has 1 atom stereocenters. The van der Waals surface area contributed by atoms with Crippen molar-refractivity contribution in [2.45, 2.75) is 25.9 Å². The maximum Gasteiger partial charge on any atom is 0.416 e. The van der Waals surface area contributed by atoms with E-state index >= 15 is 0 Å². The second kappa shape index (κ2) is 6.40. The zero-order chi connectivity index (χ0) is 14.5. The molecule has 1 aromatic rings. The first kappa shape index (κ1) is 15.3. The number of hydrogen-bond acceptors (Lipinski definition) is 3. The average Bonchev–Trinajstić information content (AvgIpc) is 2.33. The largest absolute Gasteiger partial charge is 0.481 e. The maximum atomic E-state index is 12.5. The molecule has 7 heteroatoms. The summed E-state index contributed by atoms with van der Waals surface area (Å²) in [6, 6.07) is 1.80. The summed E-state index contributed by atoms with van der Waals surface area (Å²) in [7, 11) is 0. The van der Waals surface area contributed by atoms with Crippen molar-refractivity contribution in [3.05, 3.63) is 23.9 Å². The van der Waals surface area contributed by atoms with Crippen molar-refractivity contribution < 1.29 is 23.1 Å². The summed E-state index contributed by atoms with van der Waals surface area (Å²) >= 11 is 0. The van der Waals surface area contributed by atoms with Crippen molar-refractivity contribution in [3.63, 3.8) is 0 Å². The fourth-order valence-electron chi connectivity index (χ4n) is 1.56.